The summed E-state index contributed by atoms with van der Waals surface area (Å²) in [6.07, 6.45) is 0.360. The first kappa shape index (κ1) is 16.7. The van der Waals surface area contributed by atoms with Gasteiger partial charge in [0.15, 0.2) is 0 Å². The van der Waals surface area contributed by atoms with Crippen molar-refractivity contribution in [3.05, 3.63) is 59.7 Å². The summed E-state index contributed by atoms with van der Waals surface area (Å²) in [5.41, 5.74) is 1.86. The topological polar surface area (TPSA) is 60.8 Å². The van der Waals surface area contributed by atoms with E-state index in [1.54, 1.807) is 30.3 Å². The fourth-order valence-corrected chi connectivity index (χ4v) is 3.90. The summed E-state index contributed by atoms with van der Waals surface area (Å²) in [4.78, 5) is 14.6. The van der Waals surface area contributed by atoms with E-state index in [-0.39, 0.29) is 23.3 Å². The molecule has 2 aromatic carbocycles. The summed E-state index contributed by atoms with van der Waals surface area (Å²) in [6.45, 7) is 1.59. The lowest BCUT2D eigenvalue weighted by Crippen LogP contribution is -2.38. The molecule has 0 aliphatic carbocycles. The van der Waals surface area contributed by atoms with Gasteiger partial charge in [0.05, 0.1) is 0 Å². The summed E-state index contributed by atoms with van der Waals surface area (Å²) in [5.74, 6) is 2.37. The van der Waals surface area contributed by atoms with Gasteiger partial charge in [0.25, 0.3) is 0 Å². The van der Waals surface area contributed by atoms with Gasteiger partial charge in [0, 0.05) is 36.9 Å². The number of benzene rings is 2. The minimum Gasteiger partial charge on any atom is -0.508 e. The smallest absolute Gasteiger partial charge is 0.223 e. The van der Waals surface area contributed by atoms with E-state index in [1.165, 1.54) is 0 Å². The Morgan fingerprint density at radius 2 is 1.71 bits per heavy atom. The Bertz CT molecular complexity index is 696. The summed E-state index contributed by atoms with van der Waals surface area (Å²) < 4.78 is 0. The fraction of sp³-hybridized carbons (Fsp3) is 0.316. The first-order chi connectivity index (χ1) is 11.6. The van der Waals surface area contributed by atoms with Crippen LogP contribution in [0.1, 0.15) is 23.5 Å². The van der Waals surface area contributed by atoms with Crippen LogP contribution in [0.4, 0.5) is 0 Å². The number of carbonyl (C=O) groups is 1. The summed E-state index contributed by atoms with van der Waals surface area (Å²) in [5, 5.41) is 19.3. The highest BCUT2D eigenvalue weighted by Gasteiger charge is 2.23. The molecular weight excluding hydrogens is 322 g/mol. The molecule has 0 radical (unpaired) electrons. The summed E-state index contributed by atoms with van der Waals surface area (Å²) in [7, 11) is 0. The van der Waals surface area contributed by atoms with Crippen molar-refractivity contribution < 1.29 is 15.0 Å². The van der Waals surface area contributed by atoms with Crippen LogP contribution in [0.2, 0.25) is 0 Å². The van der Waals surface area contributed by atoms with E-state index in [0.29, 0.717) is 6.42 Å². The van der Waals surface area contributed by atoms with Crippen molar-refractivity contribution in [3.8, 4) is 11.5 Å². The molecule has 1 saturated heterocycles. The van der Waals surface area contributed by atoms with E-state index in [1.807, 2.05) is 34.9 Å². The molecule has 5 heteroatoms. The first-order valence-electron chi connectivity index (χ1n) is 8.07. The Kier molecular flexibility index (Phi) is 5.30. The summed E-state index contributed by atoms with van der Waals surface area (Å²) in [6, 6.07) is 14.0. The van der Waals surface area contributed by atoms with Crippen LogP contribution in [-0.2, 0) is 4.79 Å². The molecule has 0 spiro atoms. The Morgan fingerprint density at radius 1 is 1.00 bits per heavy atom. The van der Waals surface area contributed by atoms with Gasteiger partial charge in [-0.2, -0.15) is 11.8 Å². The normalized spacial score (nSPS) is 15.9. The zero-order valence-electron chi connectivity index (χ0n) is 13.4. The van der Waals surface area contributed by atoms with Crippen molar-refractivity contribution in [2.24, 2.45) is 0 Å². The predicted molar refractivity (Wildman–Crippen MR) is 96.6 cm³/mol. The number of nitrogens with zero attached hydrogens (tertiary/aromatic N) is 1. The lowest BCUT2D eigenvalue weighted by Gasteiger charge is -2.28. The van der Waals surface area contributed by atoms with Crippen molar-refractivity contribution in [1.29, 1.82) is 0 Å². The number of aromatic hydroxyl groups is 2. The van der Waals surface area contributed by atoms with Crippen molar-refractivity contribution in [2.45, 2.75) is 12.3 Å². The summed E-state index contributed by atoms with van der Waals surface area (Å²) >= 11 is 1.88. The first-order valence-corrected chi connectivity index (χ1v) is 9.22. The highest BCUT2D eigenvalue weighted by atomic mass is 32.2. The quantitative estimate of drug-likeness (QED) is 0.895. The maximum Gasteiger partial charge on any atom is 0.223 e. The largest absolute Gasteiger partial charge is 0.508 e. The molecule has 3 rings (SSSR count). The van der Waals surface area contributed by atoms with Gasteiger partial charge in [0.2, 0.25) is 5.91 Å². The maximum atomic E-state index is 12.7. The van der Waals surface area contributed by atoms with Crippen LogP contribution in [0.3, 0.4) is 0 Å². The van der Waals surface area contributed by atoms with Crippen molar-refractivity contribution >= 4 is 17.7 Å². The van der Waals surface area contributed by atoms with Crippen molar-refractivity contribution in [2.75, 3.05) is 24.6 Å². The van der Waals surface area contributed by atoms with Gasteiger partial charge in [-0.25, -0.2) is 0 Å². The molecule has 2 N–H and O–H groups in total. The van der Waals surface area contributed by atoms with Crippen molar-refractivity contribution in [1.82, 2.24) is 4.90 Å². The molecule has 1 heterocycles. The molecule has 1 aliphatic heterocycles. The van der Waals surface area contributed by atoms with Crippen LogP contribution in [0.15, 0.2) is 48.5 Å². The second-order valence-corrected chi connectivity index (χ2v) is 7.16. The molecule has 126 valence electrons. The van der Waals surface area contributed by atoms with E-state index < -0.39 is 0 Å². The number of phenolic OH excluding ortho intramolecular Hbond substituents is 2. The molecule has 2 aromatic rings. The zero-order chi connectivity index (χ0) is 16.9. The van der Waals surface area contributed by atoms with Crippen LogP contribution >= 0.6 is 11.8 Å². The van der Waals surface area contributed by atoms with Gasteiger partial charge in [-0.1, -0.05) is 24.3 Å². The average Bonchev–Trinajstić information content (AvgIpc) is 2.61. The molecule has 1 atom stereocenters. The van der Waals surface area contributed by atoms with E-state index in [0.717, 1.165) is 35.7 Å². The Balaban J connectivity index is 1.86. The van der Waals surface area contributed by atoms with Crippen LogP contribution in [0.5, 0.6) is 11.5 Å². The number of hydrogen-bond donors (Lipinski definition) is 2. The minimum atomic E-state index is -0.139. The van der Waals surface area contributed by atoms with Gasteiger partial charge in [-0.3, -0.25) is 4.79 Å². The minimum absolute atomic E-state index is 0.136. The number of carbonyl (C=O) groups excluding carboxylic acids is 1. The highest BCUT2D eigenvalue weighted by molar-refractivity contribution is 7.99. The molecule has 1 aliphatic rings. The zero-order valence-corrected chi connectivity index (χ0v) is 14.2. The van der Waals surface area contributed by atoms with Gasteiger partial charge in [0.1, 0.15) is 11.5 Å². The van der Waals surface area contributed by atoms with Crippen LogP contribution < -0.4 is 0 Å². The standard InChI is InChI=1S/C19H21NO3S/c21-16-6-4-14(5-7-16)18(15-2-1-3-17(22)12-15)13-19(23)20-8-10-24-11-9-20/h1-7,12,18,21-22H,8-11,13H2/t18-/m0/s1. The van der Waals surface area contributed by atoms with Crippen molar-refractivity contribution in [3.63, 3.8) is 0 Å². The van der Waals surface area contributed by atoms with E-state index >= 15 is 0 Å². The van der Waals surface area contributed by atoms with Crippen LogP contribution in [0.25, 0.3) is 0 Å². The Hall–Kier alpha value is -2.14. The predicted octanol–water partition coefficient (Wildman–Crippen LogP) is 3.20. The van der Waals surface area contributed by atoms with E-state index in [4.69, 9.17) is 0 Å². The number of amides is 1. The lowest BCUT2D eigenvalue weighted by atomic mass is 9.88. The second-order valence-electron chi connectivity index (χ2n) is 5.94. The highest BCUT2D eigenvalue weighted by Crippen LogP contribution is 2.31. The third kappa shape index (κ3) is 4.03. The number of thioether (sulfide) groups is 1. The molecule has 1 amide bonds. The number of hydrogen-bond acceptors (Lipinski definition) is 4. The SMILES string of the molecule is O=C(C[C@@H](c1ccc(O)cc1)c1cccc(O)c1)N1CCSCC1. The van der Waals surface area contributed by atoms with Gasteiger partial charge in [-0.15, -0.1) is 0 Å². The molecule has 4 nitrogen and oxygen atoms in total. The van der Waals surface area contributed by atoms with Crippen LogP contribution in [0, 0.1) is 0 Å². The van der Waals surface area contributed by atoms with Gasteiger partial charge >= 0.3 is 0 Å². The molecule has 0 saturated carbocycles. The molecule has 0 aromatic heterocycles. The molecule has 0 unspecified atom stereocenters. The van der Waals surface area contributed by atoms with E-state index in [2.05, 4.69) is 0 Å². The average molecular weight is 343 g/mol. The maximum absolute atomic E-state index is 12.7. The molecule has 24 heavy (non-hydrogen) atoms. The van der Waals surface area contributed by atoms with Gasteiger partial charge < -0.3 is 15.1 Å². The van der Waals surface area contributed by atoms with Crippen LogP contribution in [-0.4, -0.2) is 45.6 Å². The van der Waals surface area contributed by atoms with E-state index in [9.17, 15) is 15.0 Å². The molecule has 0 bridgehead atoms. The number of phenols is 2. The number of rotatable bonds is 4. The molecular formula is C19H21NO3S. The van der Waals surface area contributed by atoms with Gasteiger partial charge in [-0.05, 0) is 35.4 Å². The third-order valence-corrected chi connectivity index (χ3v) is 5.25. The lowest BCUT2D eigenvalue weighted by molar-refractivity contribution is -0.131. The third-order valence-electron chi connectivity index (χ3n) is 4.31. The second kappa shape index (κ2) is 7.62. The fourth-order valence-electron chi connectivity index (χ4n) is 2.99. The monoisotopic (exact) mass is 343 g/mol. The Labute approximate surface area is 146 Å². The molecule has 1 fully saturated rings. The Morgan fingerprint density at radius 3 is 2.38 bits per heavy atom.